The molecule has 1 heterocycles. The maximum atomic E-state index is 12.2. The zero-order valence-corrected chi connectivity index (χ0v) is 11.8. The third-order valence-electron chi connectivity index (χ3n) is 3.97. The summed E-state index contributed by atoms with van der Waals surface area (Å²) in [6, 6.07) is -0.0985. The summed E-state index contributed by atoms with van der Waals surface area (Å²) in [4.78, 5) is 26.3. The van der Waals surface area contributed by atoms with E-state index in [1.54, 1.807) is 0 Å². The number of amides is 2. The molecule has 2 aliphatic rings. The Morgan fingerprint density at radius 2 is 1.83 bits per heavy atom. The second-order valence-corrected chi connectivity index (χ2v) is 6.65. The van der Waals surface area contributed by atoms with Crippen LogP contribution in [0.3, 0.4) is 0 Å². The minimum atomic E-state index is -0.220. The van der Waals surface area contributed by atoms with Gasteiger partial charge in [-0.1, -0.05) is 32.5 Å². The Balaban J connectivity index is 2.20. The molecule has 2 fully saturated rings. The summed E-state index contributed by atoms with van der Waals surface area (Å²) in [6.45, 7) is 3.92. The number of nitrogens with zero attached hydrogens (tertiary/aromatic N) is 1. The summed E-state index contributed by atoms with van der Waals surface area (Å²) >= 11 is 5.05. The van der Waals surface area contributed by atoms with Crippen molar-refractivity contribution in [3.05, 3.63) is 0 Å². The Hall–Kier alpha value is -0.970. The van der Waals surface area contributed by atoms with Gasteiger partial charge in [0.05, 0.1) is 4.99 Å². The fraction of sp³-hybridized carbons (Fsp3) is 0.769. The number of carbonyl (C=O) groups excluding carboxylic acids is 2. The first kappa shape index (κ1) is 13.5. The molecule has 0 bridgehead atoms. The molecular formula is C13H20N2O2S. The molecule has 2 unspecified atom stereocenters. The lowest BCUT2D eigenvalue weighted by atomic mass is 9.80. The number of likely N-dealkylation sites (tertiary alicyclic amines) is 1. The molecule has 2 amide bonds. The summed E-state index contributed by atoms with van der Waals surface area (Å²) < 4.78 is 0. The SMILES string of the molecule is CC1(C)CC(=O)N(C2CCCC2C(N)=S)C(=O)C1. The van der Waals surface area contributed by atoms with Crippen LogP contribution in [-0.4, -0.2) is 27.7 Å². The van der Waals surface area contributed by atoms with E-state index in [0.29, 0.717) is 17.8 Å². The number of carbonyl (C=O) groups is 2. The molecule has 0 aromatic heterocycles. The number of piperidine rings is 1. The number of imide groups is 1. The first-order valence-corrected chi connectivity index (χ1v) is 6.87. The van der Waals surface area contributed by atoms with Gasteiger partial charge in [-0.15, -0.1) is 0 Å². The van der Waals surface area contributed by atoms with Crippen molar-refractivity contribution in [2.24, 2.45) is 17.1 Å². The molecule has 1 aliphatic heterocycles. The van der Waals surface area contributed by atoms with Crippen LogP contribution in [0.1, 0.15) is 46.0 Å². The highest BCUT2D eigenvalue weighted by molar-refractivity contribution is 7.80. The van der Waals surface area contributed by atoms with Gasteiger partial charge in [0.1, 0.15) is 0 Å². The van der Waals surface area contributed by atoms with Gasteiger partial charge in [0.15, 0.2) is 0 Å². The third kappa shape index (κ3) is 2.41. The van der Waals surface area contributed by atoms with Crippen molar-refractivity contribution in [3.8, 4) is 0 Å². The van der Waals surface area contributed by atoms with E-state index in [1.165, 1.54) is 4.90 Å². The molecule has 4 nitrogen and oxygen atoms in total. The monoisotopic (exact) mass is 268 g/mol. The van der Waals surface area contributed by atoms with Gasteiger partial charge in [-0.2, -0.15) is 0 Å². The molecule has 0 spiro atoms. The van der Waals surface area contributed by atoms with Gasteiger partial charge in [0.25, 0.3) is 0 Å². The standard InChI is InChI=1S/C13H20N2O2S/c1-13(2)6-10(16)15(11(17)7-13)9-5-3-4-8(9)12(14)18/h8-9H,3-7H2,1-2H3,(H2,14,18). The highest BCUT2D eigenvalue weighted by Gasteiger charge is 2.44. The van der Waals surface area contributed by atoms with Crippen LogP contribution in [0.5, 0.6) is 0 Å². The van der Waals surface area contributed by atoms with Crippen LogP contribution in [0.2, 0.25) is 0 Å². The van der Waals surface area contributed by atoms with Gasteiger partial charge in [0.2, 0.25) is 11.8 Å². The van der Waals surface area contributed by atoms with Gasteiger partial charge in [-0.3, -0.25) is 14.5 Å². The lowest BCUT2D eigenvalue weighted by Crippen LogP contribution is -2.53. The van der Waals surface area contributed by atoms with Gasteiger partial charge >= 0.3 is 0 Å². The predicted octanol–water partition coefficient (Wildman–Crippen LogP) is 1.62. The van der Waals surface area contributed by atoms with Gasteiger partial charge in [-0.25, -0.2) is 0 Å². The van der Waals surface area contributed by atoms with E-state index >= 15 is 0 Å². The molecule has 1 saturated carbocycles. The van der Waals surface area contributed by atoms with Crippen molar-refractivity contribution in [1.29, 1.82) is 0 Å². The summed E-state index contributed by atoms with van der Waals surface area (Å²) in [7, 11) is 0. The average Bonchev–Trinajstić information content (AvgIpc) is 2.62. The average molecular weight is 268 g/mol. The third-order valence-corrected chi connectivity index (χ3v) is 4.28. The number of thiocarbonyl (C=S) groups is 1. The first-order chi connectivity index (χ1) is 8.32. The second-order valence-electron chi connectivity index (χ2n) is 6.18. The van der Waals surface area contributed by atoms with Crippen LogP contribution in [0.15, 0.2) is 0 Å². The van der Waals surface area contributed by atoms with E-state index in [0.717, 1.165) is 19.3 Å². The molecule has 1 saturated heterocycles. The summed E-state index contributed by atoms with van der Waals surface area (Å²) in [5.41, 5.74) is 5.50. The lowest BCUT2D eigenvalue weighted by molar-refractivity contribution is -0.155. The summed E-state index contributed by atoms with van der Waals surface area (Å²) in [5.74, 6) is -0.122. The lowest BCUT2D eigenvalue weighted by Gasteiger charge is -2.39. The smallest absolute Gasteiger partial charge is 0.229 e. The zero-order chi connectivity index (χ0) is 13.5. The first-order valence-electron chi connectivity index (χ1n) is 6.46. The molecule has 2 atom stereocenters. The maximum absolute atomic E-state index is 12.2. The Bertz CT molecular complexity index is 386. The maximum Gasteiger partial charge on any atom is 0.229 e. The molecular weight excluding hydrogens is 248 g/mol. The fourth-order valence-electron chi connectivity index (χ4n) is 3.14. The Morgan fingerprint density at radius 1 is 1.28 bits per heavy atom. The van der Waals surface area contributed by atoms with E-state index < -0.39 is 0 Å². The number of rotatable bonds is 2. The number of hydrogen-bond acceptors (Lipinski definition) is 3. The second kappa shape index (κ2) is 4.61. The van der Waals surface area contributed by atoms with Crippen molar-refractivity contribution < 1.29 is 9.59 Å². The Morgan fingerprint density at radius 3 is 2.33 bits per heavy atom. The Labute approximate surface area is 113 Å². The van der Waals surface area contributed by atoms with E-state index in [2.05, 4.69) is 0 Å². The molecule has 100 valence electrons. The van der Waals surface area contributed by atoms with E-state index in [4.69, 9.17) is 18.0 Å². The molecule has 0 aromatic rings. The van der Waals surface area contributed by atoms with Crippen LogP contribution < -0.4 is 5.73 Å². The predicted molar refractivity (Wildman–Crippen MR) is 72.8 cm³/mol. The van der Waals surface area contributed by atoms with Crippen LogP contribution in [0.25, 0.3) is 0 Å². The minimum absolute atomic E-state index is 0.00844. The normalized spacial score (nSPS) is 31.8. The summed E-state index contributed by atoms with van der Waals surface area (Å²) in [6.07, 6.45) is 3.56. The zero-order valence-electron chi connectivity index (χ0n) is 10.9. The number of nitrogens with two attached hydrogens (primary N) is 1. The molecule has 18 heavy (non-hydrogen) atoms. The van der Waals surface area contributed by atoms with Gasteiger partial charge in [0, 0.05) is 24.8 Å². The summed E-state index contributed by atoms with van der Waals surface area (Å²) in [5, 5.41) is 0. The van der Waals surface area contributed by atoms with E-state index in [9.17, 15) is 9.59 Å². The van der Waals surface area contributed by atoms with Crippen LogP contribution >= 0.6 is 12.2 Å². The largest absolute Gasteiger partial charge is 0.393 e. The fourth-order valence-corrected chi connectivity index (χ4v) is 3.42. The van der Waals surface area contributed by atoms with Crippen molar-refractivity contribution in [3.63, 3.8) is 0 Å². The van der Waals surface area contributed by atoms with Crippen LogP contribution in [0, 0.1) is 11.3 Å². The quantitative estimate of drug-likeness (QED) is 0.610. The minimum Gasteiger partial charge on any atom is -0.393 e. The molecule has 2 N–H and O–H groups in total. The van der Waals surface area contributed by atoms with Gasteiger partial charge in [-0.05, 0) is 18.3 Å². The van der Waals surface area contributed by atoms with Crippen LogP contribution in [-0.2, 0) is 9.59 Å². The molecule has 1 aliphatic carbocycles. The molecule has 0 aromatic carbocycles. The van der Waals surface area contributed by atoms with E-state index in [1.807, 2.05) is 13.8 Å². The van der Waals surface area contributed by atoms with Crippen molar-refractivity contribution in [1.82, 2.24) is 4.90 Å². The van der Waals surface area contributed by atoms with Gasteiger partial charge < -0.3 is 5.73 Å². The van der Waals surface area contributed by atoms with Crippen molar-refractivity contribution in [2.45, 2.75) is 52.0 Å². The molecule has 5 heteroatoms. The highest BCUT2D eigenvalue weighted by Crippen LogP contribution is 2.37. The van der Waals surface area contributed by atoms with Crippen LogP contribution in [0.4, 0.5) is 0 Å². The van der Waals surface area contributed by atoms with Crippen molar-refractivity contribution in [2.75, 3.05) is 0 Å². The molecule has 0 radical (unpaired) electrons. The van der Waals surface area contributed by atoms with Crippen molar-refractivity contribution >= 4 is 29.0 Å². The van der Waals surface area contributed by atoms with E-state index in [-0.39, 0.29) is 29.2 Å². The number of hydrogen-bond donors (Lipinski definition) is 1. The Kier molecular flexibility index (Phi) is 3.45. The topological polar surface area (TPSA) is 63.4 Å². The highest BCUT2D eigenvalue weighted by atomic mass is 32.1. The molecule has 2 rings (SSSR count).